The van der Waals surface area contributed by atoms with E-state index in [9.17, 15) is 0 Å². The molecule has 0 aliphatic rings. The maximum Gasteiger partial charge on any atom is 0.0795 e. The van der Waals surface area contributed by atoms with E-state index in [0.29, 0.717) is 26.2 Å². The Labute approximate surface area is 77.9 Å². The van der Waals surface area contributed by atoms with E-state index in [1.807, 2.05) is 0 Å². The lowest BCUT2D eigenvalue weighted by atomic mass is 10.3. The van der Waals surface area contributed by atoms with Gasteiger partial charge in [-0.3, -0.25) is 0 Å². The van der Waals surface area contributed by atoms with Gasteiger partial charge in [0.1, 0.15) is 0 Å². The topological polar surface area (TPSA) is 79.2 Å². The third-order valence-corrected chi connectivity index (χ3v) is 1.38. The molecule has 1 atom stereocenters. The van der Waals surface area contributed by atoms with Gasteiger partial charge in [0.15, 0.2) is 0 Å². The van der Waals surface area contributed by atoms with E-state index < -0.39 is 6.10 Å². The van der Waals surface area contributed by atoms with E-state index in [1.54, 1.807) is 0 Å². The number of ether oxygens (including phenoxy) is 2. The summed E-state index contributed by atoms with van der Waals surface area (Å²) in [5.74, 6) is 0. The van der Waals surface area contributed by atoms with Crippen molar-refractivity contribution in [3.8, 4) is 0 Å². The molecule has 3 N–H and O–H groups in total. The van der Waals surface area contributed by atoms with Crippen LogP contribution in [-0.2, 0) is 9.47 Å². The van der Waals surface area contributed by atoms with E-state index in [2.05, 4.69) is 0 Å². The van der Waals surface area contributed by atoms with Gasteiger partial charge in [0, 0.05) is 6.61 Å². The first-order chi connectivity index (χ1) is 6.31. The second kappa shape index (κ2) is 9.88. The minimum absolute atomic E-state index is 0.00708. The second-order valence-electron chi connectivity index (χ2n) is 2.58. The van der Waals surface area contributed by atoms with Gasteiger partial charge in [-0.15, -0.1) is 0 Å². The van der Waals surface area contributed by atoms with Gasteiger partial charge < -0.3 is 24.8 Å². The van der Waals surface area contributed by atoms with Crippen LogP contribution in [0.5, 0.6) is 0 Å². The summed E-state index contributed by atoms with van der Waals surface area (Å²) in [5, 5.41) is 25.9. The molecule has 0 saturated carbocycles. The number of aliphatic hydroxyl groups excluding tert-OH is 3. The summed E-state index contributed by atoms with van der Waals surface area (Å²) in [5.41, 5.74) is 0. The van der Waals surface area contributed by atoms with E-state index >= 15 is 0 Å². The molecule has 0 bridgehead atoms. The summed E-state index contributed by atoms with van der Waals surface area (Å²) in [6.45, 7) is 1.29. The van der Waals surface area contributed by atoms with Crippen LogP contribution in [-0.4, -0.2) is 61.1 Å². The van der Waals surface area contributed by atoms with Crippen LogP contribution in [0, 0.1) is 0 Å². The summed E-state index contributed by atoms with van der Waals surface area (Å²) < 4.78 is 9.95. The molecule has 0 aliphatic heterocycles. The lowest BCUT2D eigenvalue weighted by Gasteiger charge is -2.09. The van der Waals surface area contributed by atoms with Gasteiger partial charge >= 0.3 is 0 Å². The zero-order valence-corrected chi connectivity index (χ0v) is 7.69. The fourth-order valence-electron chi connectivity index (χ4n) is 0.736. The molecule has 0 heterocycles. The summed E-state index contributed by atoms with van der Waals surface area (Å²) >= 11 is 0. The Morgan fingerprint density at radius 1 is 0.923 bits per heavy atom. The highest BCUT2D eigenvalue weighted by molar-refractivity contribution is 4.51. The maximum atomic E-state index is 9.09. The molecule has 0 aromatic heterocycles. The summed E-state index contributed by atoms with van der Waals surface area (Å²) in [7, 11) is 0. The lowest BCUT2D eigenvalue weighted by Crippen LogP contribution is -2.18. The third-order valence-electron chi connectivity index (χ3n) is 1.38. The monoisotopic (exact) mass is 194 g/mol. The molecule has 5 nitrogen and oxygen atoms in total. The van der Waals surface area contributed by atoms with Crippen LogP contribution in [0.1, 0.15) is 6.42 Å². The third kappa shape index (κ3) is 9.72. The van der Waals surface area contributed by atoms with Crippen molar-refractivity contribution in [3.63, 3.8) is 0 Å². The van der Waals surface area contributed by atoms with Crippen molar-refractivity contribution in [1.29, 1.82) is 0 Å². The molecule has 13 heavy (non-hydrogen) atoms. The van der Waals surface area contributed by atoms with Gasteiger partial charge in [0.25, 0.3) is 0 Å². The maximum absolute atomic E-state index is 9.09. The molecular weight excluding hydrogens is 176 g/mol. The highest BCUT2D eigenvalue weighted by Crippen LogP contribution is 1.91. The second-order valence-corrected chi connectivity index (χ2v) is 2.58. The van der Waals surface area contributed by atoms with Crippen molar-refractivity contribution in [3.05, 3.63) is 0 Å². The molecule has 0 aromatic rings. The molecule has 80 valence electrons. The number of rotatable bonds is 9. The van der Waals surface area contributed by atoms with Gasteiger partial charge in [0.05, 0.1) is 39.1 Å². The van der Waals surface area contributed by atoms with Crippen molar-refractivity contribution in [2.24, 2.45) is 0 Å². The molecule has 0 rings (SSSR count). The summed E-state index contributed by atoms with van der Waals surface area (Å²) in [6.07, 6.45) is -0.278. The van der Waals surface area contributed by atoms with Gasteiger partial charge in [-0.1, -0.05) is 0 Å². The smallest absolute Gasteiger partial charge is 0.0795 e. The fraction of sp³-hybridized carbons (Fsp3) is 1.00. The van der Waals surface area contributed by atoms with Crippen LogP contribution in [0.2, 0.25) is 0 Å². The first-order valence-electron chi connectivity index (χ1n) is 4.36. The van der Waals surface area contributed by atoms with Crippen LogP contribution >= 0.6 is 0 Å². The van der Waals surface area contributed by atoms with Crippen LogP contribution in [0.3, 0.4) is 0 Å². The number of hydrogen-bond donors (Lipinski definition) is 3. The molecular formula is C8H18O5. The van der Waals surface area contributed by atoms with Gasteiger partial charge in [0.2, 0.25) is 0 Å². The molecule has 0 aromatic carbocycles. The first kappa shape index (κ1) is 12.8. The predicted octanol–water partition coefficient (Wildman–Crippen LogP) is -1.24. The Balaban J connectivity index is 2.97. The first-order valence-corrected chi connectivity index (χ1v) is 4.36. The standard InChI is InChI=1S/C8H18O5/c9-2-1-8(11)7-13-6-5-12-4-3-10/h8-11H,1-7H2. The van der Waals surface area contributed by atoms with Crippen molar-refractivity contribution in [1.82, 2.24) is 0 Å². The minimum Gasteiger partial charge on any atom is -0.396 e. The minimum atomic E-state index is -0.608. The number of aliphatic hydroxyl groups is 3. The summed E-state index contributed by atoms with van der Waals surface area (Å²) in [6, 6.07) is 0. The van der Waals surface area contributed by atoms with Gasteiger partial charge in [-0.2, -0.15) is 0 Å². The van der Waals surface area contributed by atoms with Crippen molar-refractivity contribution in [2.45, 2.75) is 12.5 Å². The zero-order valence-electron chi connectivity index (χ0n) is 7.69. The Hall–Kier alpha value is -0.200. The average Bonchev–Trinajstić information content (AvgIpc) is 2.11. The largest absolute Gasteiger partial charge is 0.396 e. The van der Waals surface area contributed by atoms with E-state index in [4.69, 9.17) is 24.8 Å². The van der Waals surface area contributed by atoms with Gasteiger partial charge in [-0.05, 0) is 6.42 Å². The van der Waals surface area contributed by atoms with E-state index in [-0.39, 0.29) is 19.8 Å². The molecule has 0 saturated heterocycles. The highest BCUT2D eigenvalue weighted by Gasteiger charge is 2.01. The average molecular weight is 194 g/mol. The predicted molar refractivity (Wildman–Crippen MR) is 46.4 cm³/mol. The molecule has 0 aliphatic carbocycles. The van der Waals surface area contributed by atoms with Crippen LogP contribution < -0.4 is 0 Å². The Bertz CT molecular complexity index is 98.5. The highest BCUT2D eigenvalue weighted by atomic mass is 16.5. The Morgan fingerprint density at radius 2 is 1.62 bits per heavy atom. The van der Waals surface area contributed by atoms with Crippen LogP contribution in [0.25, 0.3) is 0 Å². The number of hydrogen-bond acceptors (Lipinski definition) is 5. The SMILES string of the molecule is OCCOCCOCC(O)CCO. The molecule has 0 amide bonds. The quantitative estimate of drug-likeness (QED) is 0.400. The van der Waals surface area contributed by atoms with Gasteiger partial charge in [-0.25, -0.2) is 0 Å². The molecule has 0 radical (unpaired) electrons. The Kier molecular flexibility index (Phi) is 9.73. The van der Waals surface area contributed by atoms with Crippen molar-refractivity contribution in [2.75, 3.05) is 39.6 Å². The van der Waals surface area contributed by atoms with Crippen molar-refractivity contribution < 1.29 is 24.8 Å². The van der Waals surface area contributed by atoms with E-state index in [0.717, 1.165) is 0 Å². The lowest BCUT2D eigenvalue weighted by molar-refractivity contribution is -0.00800. The van der Waals surface area contributed by atoms with Crippen molar-refractivity contribution >= 4 is 0 Å². The molecule has 0 spiro atoms. The summed E-state index contributed by atoms with van der Waals surface area (Å²) in [4.78, 5) is 0. The molecule has 1 unspecified atom stereocenters. The normalized spacial score (nSPS) is 13.2. The molecule has 5 heteroatoms. The fourth-order valence-corrected chi connectivity index (χ4v) is 0.736. The Morgan fingerprint density at radius 3 is 2.23 bits per heavy atom. The van der Waals surface area contributed by atoms with Crippen LogP contribution in [0.15, 0.2) is 0 Å². The van der Waals surface area contributed by atoms with E-state index in [1.165, 1.54) is 0 Å². The van der Waals surface area contributed by atoms with Crippen LogP contribution in [0.4, 0.5) is 0 Å². The molecule has 0 fully saturated rings. The zero-order chi connectivity index (χ0) is 9.94.